The summed E-state index contributed by atoms with van der Waals surface area (Å²) in [6.07, 6.45) is 0. The summed E-state index contributed by atoms with van der Waals surface area (Å²) in [6.45, 7) is 3.55. The van der Waals surface area contributed by atoms with Crippen molar-refractivity contribution in [2.45, 2.75) is 19.0 Å². The molecule has 68 valence electrons. The third-order valence-electron chi connectivity index (χ3n) is 0.790. The zero-order valence-corrected chi connectivity index (χ0v) is 10.1. The van der Waals surface area contributed by atoms with E-state index in [2.05, 4.69) is 16.5 Å². The van der Waals surface area contributed by atoms with Gasteiger partial charge in [0, 0.05) is 0 Å². The van der Waals surface area contributed by atoms with Crippen LogP contribution in [0, 0.1) is 0 Å². The quantitative estimate of drug-likeness (QED) is 0.189. The number of hydrogen-bond donors (Lipinski definition) is 2. The molecule has 11 heavy (non-hydrogen) atoms. The van der Waals surface area contributed by atoms with Crippen LogP contribution in [0.25, 0.3) is 0 Å². The monoisotopic (exact) mass is 291 g/mol. The predicted molar refractivity (Wildman–Crippen MR) is 42.1 cm³/mol. The van der Waals surface area contributed by atoms with Crippen LogP contribution in [0.3, 0.4) is 0 Å². The summed E-state index contributed by atoms with van der Waals surface area (Å²) < 4.78 is 5.47. The van der Waals surface area contributed by atoms with E-state index in [1.807, 2.05) is 0 Å². The van der Waals surface area contributed by atoms with Gasteiger partial charge in [0.25, 0.3) is 0 Å². The van der Waals surface area contributed by atoms with Crippen LogP contribution < -0.4 is 29.0 Å². The molecule has 2 N–H and O–H groups in total. The fraction of sp³-hybridized carbons (Fsp3) is 0.800. The molecule has 0 radical (unpaired) electrons. The van der Waals surface area contributed by atoms with Crippen LogP contribution in [0.1, 0.15) is 13.8 Å². The van der Waals surface area contributed by atoms with Gasteiger partial charge in [-0.2, -0.15) is 0 Å². The van der Waals surface area contributed by atoms with Crippen molar-refractivity contribution in [1.29, 1.82) is 0 Å². The first-order valence-electron chi connectivity index (χ1n) is 3.03. The minimum atomic E-state index is -0.509. The van der Waals surface area contributed by atoms with Gasteiger partial charge in [-0.25, -0.2) is 0 Å². The average molecular weight is 291 g/mol. The second kappa shape index (κ2) is 5.24. The molecule has 0 aliphatic rings. The molecule has 0 aliphatic heterocycles. The van der Waals surface area contributed by atoms with Crippen LogP contribution >= 0.6 is 9.24 Å². The van der Waals surface area contributed by atoms with E-state index in [-0.39, 0.29) is 5.97 Å². The first-order chi connectivity index (χ1) is 4.98. The van der Waals surface area contributed by atoms with Crippen molar-refractivity contribution in [2.75, 3.05) is 7.05 Å². The Morgan fingerprint density at radius 1 is 1.64 bits per heavy atom. The van der Waals surface area contributed by atoms with Gasteiger partial charge in [-0.1, -0.05) is 0 Å². The third kappa shape index (κ3) is 5.78. The Morgan fingerprint density at radius 3 is 2.55 bits per heavy atom. The van der Waals surface area contributed by atoms with Gasteiger partial charge in [0.1, 0.15) is 0 Å². The van der Waals surface area contributed by atoms with Crippen molar-refractivity contribution in [1.82, 2.24) is 7.22 Å². The van der Waals surface area contributed by atoms with Crippen LogP contribution in [0.4, 0.5) is 0 Å². The Balaban J connectivity index is 3.54. The summed E-state index contributed by atoms with van der Waals surface area (Å²) in [4.78, 5) is 15.7. The van der Waals surface area contributed by atoms with Gasteiger partial charge >= 0.3 is 79.9 Å². The Kier molecular flexibility index (Phi) is 5.50. The summed E-state index contributed by atoms with van der Waals surface area (Å²) in [6, 6.07) is 0. The first-order valence-corrected chi connectivity index (χ1v) is 5.76. The normalized spacial score (nSPS) is 11.6. The molecule has 0 spiro atoms. The van der Waals surface area contributed by atoms with Crippen molar-refractivity contribution in [3.05, 3.63) is 0 Å². The van der Waals surface area contributed by atoms with Crippen LogP contribution in [-0.2, 0) is 9.63 Å². The molecule has 0 aromatic rings. The SMILES string of the molecule is CN[I-]NOC(=O)C(C)(C)P. The summed E-state index contributed by atoms with van der Waals surface area (Å²) in [5, 5.41) is -0.509. The van der Waals surface area contributed by atoms with Crippen LogP contribution in [-0.4, -0.2) is 18.2 Å². The summed E-state index contributed by atoms with van der Waals surface area (Å²) in [5.41, 5.74) is 0. The molecule has 6 heteroatoms. The van der Waals surface area contributed by atoms with E-state index >= 15 is 0 Å². The van der Waals surface area contributed by atoms with E-state index in [0.29, 0.717) is 0 Å². The second-order valence-electron chi connectivity index (χ2n) is 2.47. The fourth-order valence-electron chi connectivity index (χ4n) is 0.224. The van der Waals surface area contributed by atoms with Crippen LogP contribution in [0.15, 0.2) is 0 Å². The molecule has 1 unspecified atom stereocenters. The minimum absolute atomic E-state index is 0.266. The number of rotatable bonds is 4. The number of halogens is 1. The summed E-state index contributed by atoms with van der Waals surface area (Å²) in [7, 11) is 4.22. The average Bonchev–Trinajstić information content (AvgIpc) is 1.86. The first kappa shape index (κ1) is 11.6. The van der Waals surface area contributed by atoms with E-state index in [9.17, 15) is 4.79 Å². The fourth-order valence-corrected chi connectivity index (χ4v) is 0.814. The van der Waals surface area contributed by atoms with Crippen molar-refractivity contribution >= 4 is 15.2 Å². The van der Waals surface area contributed by atoms with E-state index in [4.69, 9.17) is 4.84 Å². The topological polar surface area (TPSA) is 50.4 Å². The van der Waals surface area contributed by atoms with Crippen molar-refractivity contribution < 1.29 is 31.4 Å². The Morgan fingerprint density at radius 2 is 2.18 bits per heavy atom. The predicted octanol–water partition coefficient (Wildman–Crippen LogP) is -3.17. The van der Waals surface area contributed by atoms with E-state index in [1.165, 1.54) is 0 Å². The molecular formula is C5H13IN2O2P-. The molecule has 0 rings (SSSR count). The number of hydrogen-bond acceptors (Lipinski definition) is 4. The summed E-state index contributed by atoms with van der Waals surface area (Å²) in [5.74, 6) is -0.266. The standard InChI is InChI=1S/C5H13IN2O2P/c1-5(2,11)4(9)10-8-6-7-3/h7-8H,11H2,1-3H3/q-1. The van der Waals surface area contributed by atoms with Gasteiger partial charge in [0.15, 0.2) is 0 Å². The molecule has 0 aromatic carbocycles. The maximum absolute atomic E-state index is 11.0. The second-order valence-corrected chi connectivity index (χ2v) is 5.97. The Labute approximate surface area is 80.0 Å². The molecule has 0 saturated heterocycles. The Bertz CT molecular complexity index is 137. The van der Waals surface area contributed by atoms with E-state index < -0.39 is 26.9 Å². The van der Waals surface area contributed by atoms with E-state index in [1.54, 1.807) is 20.9 Å². The van der Waals surface area contributed by atoms with E-state index in [0.717, 1.165) is 0 Å². The van der Waals surface area contributed by atoms with Gasteiger partial charge < -0.3 is 0 Å². The van der Waals surface area contributed by atoms with Crippen molar-refractivity contribution in [3.63, 3.8) is 0 Å². The molecule has 0 saturated carbocycles. The van der Waals surface area contributed by atoms with Gasteiger partial charge in [0.05, 0.1) is 0 Å². The van der Waals surface area contributed by atoms with Crippen molar-refractivity contribution in [2.24, 2.45) is 0 Å². The molecule has 0 aromatic heterocycles. The summed E-state index contributed by atoms with van der Waals surface area (Å²) >= 11 is -0.406. The van der Waals surface area contributed by atoms with Crippen molar-refractivity contribution in [3.8, 4) is 0 Å². The zero-order valence-electron chi connectivity index (χ0n) is 6.77. The number of nitrogens with one attached hydrogen (secondary N) is 2. The number of carbonyl (C=O) groups is 1. The van der Waals surface area contributed by atoms with Gasteiger partial charge in [-0.05, 0) is 0 Å². The molecule has 0 bridgehead atoms. The zero-order chi connectivity index (χ0) is 8.91. The van der Waals surface area contributed by atoms with Crippen LogP contribution in [0.2, 0.25) is 0 Å². The maximum atomic E-state index is 11.0. The number of carbonyl (C=O) groups excluding carboxylic acids is 1. The molecule has 0 fully saturated rings. The molecule has 0 heterocycles. The molecule has 0 amide bonds. The van der Waals surface area contributed by atoms with Crippen LogP contribution in [0.5, 0.6) is 0 Å². The molecule has 0 aliphatic carbocycles. The molecule has 4 nitrogen and oxygen atoms in total. The molecular weight excluding hydrogens is 278 g/mol. The third-order valence-corrected chi connectivity index (χ3v) is 2.01. The van der Waals surface area contributed by atoms with Gasteiger partial charge in [0.2, 0.25) is 0 Å². The Hall–Kier alpha value is 0.550. The van der Waals surface area contributed by atoms with Gasteiger partial charge in [-0.15, -0.1) is 0 Å². The molecule has 1 atom stereocenters. The van der Waals surface area contributed by atoms with Gasteiger partial charge in [-0.3, -0.25) is 0 Å².